The summed E-state index contributed by atoms with van der Waals surface area (Å²) in [5.74, 6) is 0.441. The molecule has 0 spiro atoms. The van der Waals surface area contributed by atoms with Crippen LogP contribution in [0.2, 0.25) is 0 Å². The number of carbonyl (C=O) groups excluding carboxylic acids is 1. The Kier molecular flexibility index (Phi) is 6.72. The van der Waals surface area contributed by atoms with Gasteiger partial charge in [0.1, 0.15) is 5.69 Å². The molecule has 140 valence electrons. The summed E-state index contributed by atoms with van der Waals surface area (Å²) in [6.07, 6.45) is 2.03. The number of nitrogens with one attached hydrogen (secondary N) is 1. The highest BCUT2D eigenvalue weighted by molar-refractivity contribution is 6.04. The second-order valence-corrected chi connectivity index (χ2v) is 6.91. The monoisotopic (exact) mass is 354 g/mol. The Bertz CT molecular complexity index is 757. The standard InChI is InChI=1S/C21H30N4O/c1-7-9-25(10-8-2)21-22-17(6)13-18(23-21)20(26)24-19-15(4)11-14(3)12-16(19)5/h11-13H,7-10H2,1-6H3,(H,24,26). The van der Waals surface area contributed by atoms with E-state index in [1.54, 1.807) is 6.07 Å². The van der Waals surface area contributed by atoms with Crippen LogP contribution >= 0.6 is 0 Å². The predicted molar refractivity (Wildman–Crippen MR) is 108 cm³/mol. The van der Waals surface area contributed by atoms with Crippen LogP contribution in [-0.4, -0.2) is 29.0 Å². The second kappa shape index (κ2) is 8.79. The maximum atomic E-state index is 12.8. The minimum Gasteiger partial charge on any atom is -0.341 e. The van der Waals surface area contributed by atoms with E-state index in [2.05, 4.69) is 53.1 Å². The van der Waals surface area contributed by atoms with Gasteiger partial charge < -0.3 is 10.2 Å². The average molecular weight is 354 g/mol. The van der Waals surface area contributed by atoms with Gasteiger partial charge in [-0.2, -0.15) is 0 Å². The van der Waals surface area contributed by atoms with Crippen molar-refractivity contribution in [3.8, 4) is 0 Å². The van der Waals surface area contributed by atoms with E-state index in [1.807, 2.05) is 20.8 Å². The first-order valence-corrected chi connectivity index (χ1v) is 9.35. The molecule has 26 heavy (non-hydrogen) atoms. The lowest BCUT2D eigenvalue weighted by Crippen LogP contribution is -2.28. The van der Waals surface area contributed by atoms with Gasteiger partial charge in [-0.15, -0.1) is 0 Å². The van der Waals surface area contributed by atoms with Gasteiger partial charge in [-0.25, -0.2) is 9.97 Å². The van der Waals surface area contributed by atoms with Gasteiger partial charge in [-0.05, 0) is 57.7 Å². The summed E-state index contributed by atoms with van der Waals surface area (Å²) in [7, 11) is 0. The molecule has 1 amide bonds. The molecule has 1 heterocycles. The number of carbonyl (C=O) groups is 1. The van der Waals surface area contributed by atoms with Gasteiger partial charge in [-0.1, -0.05) is 31.5 Å². The van der Waals surface area contributed by atoms with Crippen LogP contribution < -0.4 is 10.2 Å². The van der Waals surface area contributed by atoms with E-state index in [4.69, 9.17) is 0 Å². The zero-order chi connectivity index (χ0) is 19.3. The van der Waals surface area contributed by atoms with Gasteiger partial charge in [0.05, 0.1) is 0 Å². The van der Waals surface area contributed by atoms with E-state index in [0.717, 1.165) is 48.4 Å². The van der Waals surface area contributed by atoms with Crippen molar-refractivity contribution in [2.24, 2.45) is 0 Å². The average Bonchev–Trinajstić information content (AvgIpc) is 2.57. The maximum absolute atomic E-state index is 12.8. The summed E-state index contributed by atoms with van der Waals surface area (Å²) in [5.41, 5.74) is 5.37. The summed E-state index contributed by atoms with van der Waals surface area (Å²) in [6.45, 7) is 14.0. The molecule has 0 aliphatic carbocycles. The van der Waals surface area contributed by atoms with Crippen LogP contribution in [0.3, 0.4) is 0 Å². The second-order valence-electron chi connectivity index (χ2n) is 6.91. The van der Waals surface area contributed by atoms with E-state index in [0.29, 0.717) is 11.6 Å². The molecule has 5 nitrogen and oxygen atoms in total. The Balaban J connectivity index is 2.32. The SMILES string of the molecule is CCCN(CCC)c1nc(C)cc(C(=O)Nc2c(C)cc(C)cc2C)n1. The number of nitrogens with zero attached hydrogens (tertiary/aromatic N) is 3. The number of aromatic nitrogens is 2. The number of anilines is 2. The van der Waals surface area contributed by atoms with E-state index >= 15 is 0 Å². The number of amides is 1. The summed E-state index contributed by atoms with van der Waals surface area (Å²) in [4.78, 5) is 24.1. The molecule has 0 unspecified atom stereocenters. The molecular formula is C21H30N4O. The van der Waals surface area contributed by atoms with E-state index < -0.39 is 0 Å². The quantitative estimate of drug-likeness (QED) is 0.790. The Hall–Kier alpha value is -2.43. The molecule has 1 aromatic heterocycles. The number of hydrogen-bond donors (Lipinski definition) is 1. The van der Waals surface area contributed by atoms with E-state index in [-0.39, 0.29) is 5.91 Å². The first-order chi connectivity index (χ1) is 12.3. The van der Waals surface area contributed by atoms with Crippen molar-refractivity contribution < 1.29 is 4.79 Å². The molecule has 2 rings (SSSR count). The molecule has 0 saturated heterocycles. The summed E-state index contributed by atoms with van der Waals surface area (Å²) in [5, 5.41) is 3.03. The fraction of sp³-hybridized carbons (Fsp3) is 0.476. The van der Waals surface area contributed by atoms with Gasteiger partial charge >= 0.3 is 0 Å². The summed E-state index contributed by atoms with van der Waals surface area (Å²) >= 11 is 0. The van der Waals surface area contributed by atoms with Crippen LogP contribution in [0.5, 0.6) is 0 Å². The highest BCUT2D eigenvalue weighted by Gasteiger charge is 2.16. The Morgan fingerprint density at radius 1 is 0.962 bits per heavy atom. The number of hydrogen-bond acceptors (Lipinski definition) is 4. The van der Waals surface area contributed by atoms with Crippen LogP contribution in [0.1, 0.15) is 59.6 Å². The van der Waals surface area contributed by atoms with Crippen molar-refractivity contribution in [1.29, 1.82) is 0 Å². The van der Waals surface area contributed by atoms with Gasteiger partial charge in [0, 0.05) is 24.5 Å². The minimum atomic E-state index is -0.195. The summed E-state index contributed by atoms with van der Waals surface area (Å²) in [6, 6.07) is 5.89. The van der Waals surface area contributed by atoms with Crippen molar-refractivity contribution in [3.05, 3.63) is 46.3 Å². The van der Waals surface area contributed by atoms with Crippen molar-refractivity contribution in [1.82, 2.24) is 9.97 Å². The first kappa shape index (κ1) is 19.9. The van der Waals surface area contributed by atoms with Crippen LogP contribution in [-0.2, 0) is 0 Å². The number of aryl methyl sites for hydroxylation is 4. The smallest absolute Gasteiger partial charge is 0.274 e. The molecule has 1 N–H and O–H groups in total. The van der Waals surface area contributed by atoms with Gasteiger partial charge in [0.15, 0.2) is 0 Å². The third-order valence-corrected chi connectivity index (χ3v) is 4.26. The van der Waals surface area contributed by atoms with E-state index in [9.17, 15) is 4.79 Å². The third-order valence-electron chi connectivity index (χ3n) is 4.26. The molecule has 1 aromatic carbocycles. The molecule has 0 aliphatic heterocycles. The largest absolute Gasteiger partial charge is 0.341 e. The molecule has 0 atom stereocenters. The van der Waals surface area contributed by atoms with Crippen molar-refractivity contribution in [2.45, 2.75) is 54.4 Å². The predicted octanol–water partition coefficient (Wildman–Crippen LogP) is 4.59. The maximum Gasteiger partial charge on any atom is 0.274 e. The molecule has 5 heteroatoms. The topological polar surface area (TPSA) is 58.1 Å². The number of rotatable bonds is 7. The molecule has 0 saturated carbocycles. The zero-order valence-electron chi connectivity index (χ0n) is 16.8. The zero-order valence-corrected chi connectivity index (χ0v) is 16.8. The van der Waals surface area contributed by atoms with Crippen LogP contribution in [0.15, 0.2) is 18.2 Å². The lowest BCUT2D eigenvalue weighted by Gasteiger charge is -2.22. The Morgan fingerprint density at radius 3 is 2.08 bits per heavy atom. The van der Waals surface area contributed by atoms with Crippen molar-refractivity contribution in [2.75, 3.05) is 23.3 Å². The Labute approximate surface area is 156 Å². The minimum absolute atomic E-state index is 0.195. The first-order valence-electron chi connectivity index (χ1n) is 9.35. The van der Waals surface area contributed by atoms with Crippen LogP contribution in [0.4, 0.5) is 11.6 Å². The highest BCUT2D eigenvalue weighted by atomic mass is 16.1. The third kappa shape index (κ3) is 4.81. The van der Waals surface area contributed by atoms with E-state index in [1.165, 1.54) is 5.56 Å². The lowest BCUT2D eigenvalue weighted by atomic mass is 10.0. The fourth-order valence-electron chi connectivity index (χ4n) is 3.22. The molecule has 0 bridgehead atoms. The number of benzene rings is 1. The van der Waals surface area contributed by atoms with Crippen molar-refractivity contribution >= 4 is 17.5 Å². The molecular weight excluding hydrogens is 324 g/mol. The molecule has 0 radical (unpaired) electrons. The van der Waals surface area contributed by atoms with Crippen molar-refractivity contribution in [3.63, 3.8) is 0 Å². The fourth-order valence-corrected chi connectivity index (χ4v) is 3.22. The van der Waals surface area contributed by atoms with Crippen LogP contribution in [0, 0.1) is 27.7 Å². The lowest BCUT2D eigenvalue weighted by molar-refractivity contribution is 0.102. The normalized spacial score (nSPS) is 10.7. The highest BCUT2D eigenvalue weighted by Crippen LogP contribution is 2.23. The van der Waals surface area contributed by atoms with Crippen LogP contribution in [0.25, 0.3) is 0 Å². The molecule has 0 fully saturated rings. The Morgan fingerprint density at radius 2 is 1.54 bits per heavy atom. The molecule has 0 aliphatic rings. The van der Waals surface area contributed by atoms with Gasteiger partial charge in [-0.3, -0.25) is 4.79 Å². The van der Waals surface area contributed by atoms with Gasteiger partial charge in [0.25, 0.3) is 5.91 Å². The summed E-state index contributed by atoms with van der Waals surface area (Å²) < 4.78 is 0. The molecule has 2 aromatic rings. The van der Waals surface area contributed by atoms with Gasteiger partial charge in [0.2, 0.25) is 5.95 Å².